The zero-order valence-corrected chi connectivity index (χ0v) is 26.2. The molecule has 2 aliphatic rings. The summed E-state index contributed by atoms with van der Waals surface area (Å²) >= 11 is 0. The smallest absolute Gasteiger partial charge is 0.224 e. The van der Waals surface area contributed by atoms with E-state index in [1.54, 1.807) is 0 Å². The third-order valence-electron chi connectivity index (χ3n) is 10.8. The molecule has 0 aliphatic heterocycles. The number of benzene rings is 4. The van der Waals surface area contributed by atoms with E-state index in [0.29, 0.717) is 38.5 Å². The fourth-order valence-electron chi connectivity index (χ4n) is 8.66. The van der Waals surface area contributed by atoms with Crippen molar-refractivity contribution in [1.82, 2.24) is 0 Å². The van der Waals surface area contributed by atoms with Crippen LogP contribution in [0.4, 0.5) is 0 Å². The van der Waals surface area contributed by atoms with E-state index in [2.05, 4.69) is 0 Å². The van der Waals surface area contributed by atoms with Crippen LogP contribution in [-0.2, 0) is 35.3 Å². The zero-order chi connectivity index (χ0) is 32.3. The largest absolute Gasteiger partial charge is 0.392 e. The fourth-order valence-corrected chi connectivity index (χ4v) is 8.66. The maximum absolute atomic E-state index is 14.4. The SMILES string of the molecule is NC(=O)C(CCc1ccccc1)CC([C@H]1c2ccccc2C[C@H]1O)C(CCc1ccccc1)(C(N)=O)[C@@H]1c2ccccc2C[C@H]1O. The van der Waals surface area contributed by atoms with Crippen molar-refractivity contribution < 1.29 is 19.8 Å². The first-order chi connectivity index (χ1) is 22.3. The molecule has 238 valence electrons. The van der Waals surface area contributed by atoms with Gasteiger partial charge in [0.2, 0.25) is 11.8 Å². The Morgan fingerprint density at radius 1 is 0.696 bits per heavy atom. The minimum atomic E-state index is -1.30. The number of fused-ring (bicyclic) bond motifs is 2. The number of aliphatic hydroxyl groups excluding tert-OH is 2. The van der Waals surface area contributed by atoms with Crippen molar-refractivity contribution in [2.24, 2.45) is 28.7 Å². The molecule has 0 bridgehead atoms. The van der Waals surface area contributed by atoms with Crippen molar-refractivity contribution in [3.8, 4) is 0 Å². The molecule has 0 fully saturated rings. The Morgan fingerprint density at radius 2 is 1.22 bits per heavy atom. The molecule has 0 saturated carbocycles. The topological polar surface area (TPSA) is 127 Å². The molecule has 6 nitrogen and oxygen atoms in total. The lowest BCUT2D eigenvalue weighted by atomic mass is 9.54. The monoisotopic (exact) mass is 616 g/mol. The molecular formula is C40H44N2O4. The molecule has 7 atom stereocenters. The van der Waals surface area contributed by atoms with Gasteiger partial charge in [-0.05, 0) is 84.2 Å². The Labute approximate surface area is 271 Å². The van der Waals surface area contributed by atoms with Gasteiger partial charge in [0.25, 0.3) is 0 Å². The first kappa shape index (κ1) is 31.7. The lowest BCUT2D eigenvalue weighted by Crippen LogP contribution is -2.54. The van der Waals surface area contributed by atoms with Gasteiger partial charge in [-0.25, -0.2) is 0 Å². The molecule has 2 aliphatic carbocycles. The zero-order valence-electron chi connectivity index (χ0n) is 26.2. The summed E-state index contributed by atoms with van der Waals surface area (Å²) in [6, 6.07) is 35.8. The molecule has 0 spiro atoms. The molecule has 2 amide bonds. The highest BCUT2D eigenvalue weighted by molar-refractivity contribution is 5.84. The van der Waals surface area contributed by atoms with E-state index in [1.165, 1.54) is 0 Å². The predicted molar refractivity (Wildman–Crippen MR) is 180 cm³/mol. The highest BCUT2D eigenvalue weighted by atomic mass is 16.3. The lowest BCUT2D eigenvalue weighted by molar-refractivity contribution is -0.140. The summed E-state index contributed by atoms with van der Waals surface area (Å²) in [6.07, 6.45) is 1.52. The van der Waals surface area contributed by atoms with Crippen molar-refractivity contribution in [3.63, 3.8) is 0 Å². The Kier molecular flexibility index (Phi) is 9.39. The number of carbonyl (C=O) groups excluding carboxylic acids is 2. The van der Waals surface area contributed by atoms with Gasteiger partial charge >= 0.3 is 0 Å². The van der Waals surface area contributed by atoms with Crippen LogP contribution < -0.4 is 11.5 Å². The molecule has 6 heteroatoms. The van der Waals surface area contributed by atoms with Gasteiger partial charge in [-0.3, -0.25) is 9.59 Å². The predicted octanol–water partition coefficient (Wildman–Crippen LogP) is 5.23. The van der Waals surface area contributed by atoms with Crippen LogP contribution in [0, 0.1) is 17.3 Å². The van der Waals surface area contributed by atoms with Gasteiger partial charge < -0.3 is 21.7 Å². The number of rotatable bonds is 13. The number of hydrogen-bond acceptors (Lipinski definition) is 4. The van der Waals surface area contributed by atoms with Gasteiger partial charge in [0.05, 0.1) is 17.6 Å². The average Bonchev–Trinajstić information content (AvgIpc) is 3.58. The van der Waals surface area contributed by atoms with Crippen molar-refractivity contribution in [1.29, 1.82) is 0 Å². The van der Waals surface area contributed by atoms with Gasteiger partial charge in [-0.1, -0.05) is 109 Å². The summed E-state index contributed by atoms with van der Waals surface area (Å²) in [5, 5.41) is 23.7. The van der Waals surface area contributed by atoms with Crippen LogP contribution in [0.15, 0.2) is 109 Å². The van der Waals surface area contributed by atoms with Crippen LogP contribution in [-0.4, -0.2) is 34.2 Å². The van der Waals surface area contributed by atoms with Gasteiger partial charge in [0.15, 0.2) is 0 Å². The van der Waals surface area contributed by atoms with Crippen LogP contribution in [0.2, 0.25) is 0 Å². The molecule has 0 radical (unpaired) electrons. The van der Waals surface area contributed by atoms with Crippen LogP contribution in [0.3, 0.4) is 0 Å². The molecule has 46 heavy (non-hydrogen) atoms. The van der Waals surface area contributed by atoms with Crippen molar-refractivity contribution in [3.05, 3.63) is 143 Å². The van der Waals surface area contributed by atoms with Gasteiger partial charge in [-0.2, -0.15) is 0 Å². The maximum atomic E-state index is 14.4. The van der Waals surface area contributed by atoms with Crippen molar-refractivity contribution in [2.75, 3.05) is 0 Å². The summed E-state index contributed by atoms with van der Waals surface area (Å²) in [7, 11) is 0. The summed E-state index contributed by atoms with van der Waals surface area (Å²) in [5.41, 5.74) is 17.5. The lowest BCUT2D eigenvalue weighted by Gasteiger charge is -2.48. The molecule has 0 aromatic heterocycles. The number of carbonyl (C=O) groups is 2. The quantitative estimate of drug-likeness (QED) is 0.164. The highest BCUT2D eigenvalue weighted by Crippen LogP contribution is 2.59. The maximum Gasteiger partial charge on any atom is 0.224 e. The Morgan fingerprint density at radius 3 is 1.83 bits per heavy atom. The van der Waals surface area contributed by atoms with Crippen LogP contribution >= 0.6 is 0 Å². The second-order valence-corrected chi connectivity index (χ2v) is 13.3. The van der Waals surface area contributed by atoms with Crippen LogP contribution in [0.5, 0.6) is 0 Å². The molecule has 4 aromatic carbocycles. The van der Waals surface area contributed by atoms with E-state index < -0.39 is 53.1 Å². The number of amides is 2. The highest BCUT2D eigenvalue weighted by Gasteiger charge is 2.59. The van der Waals surface area contributed by atoms with E-state index in [1.807, 2.05) is 109 Å². The minimum absolute atomic E-state index is 0.265. The summed E-state index contributed by atoms with van der Waals surface area (Å²) in [6.45, 7) is 0. The molecule has 6 rings (SSSR count). The molecule has 0 heterocycles. The van der Waals surface area contributed by atoms with E-state index in [9.17, 15) is 19.8 Å². The number of primary amides is 2. The number of nitrogens with two attached hydrogens (primary N) is 2. The third kappa shape index (κ3) is 6.12. The second kappa shape index (κ2) is 13.6. The molecule has 4 aromatic rings. The number of aliphatic hydroxyl groups is 2. The first-order valence-electron chi connectivity index (χ1n) is 16.5. The number of aryl methyl sites for hydroxylation is 2. The van der Waals surface area contributed by atoms with Crippen LogP contribution in [0.25, 0.3) is 0 Å². The van der Waals surface area contributed by atoms with E-state index in [4.69, 9.17) is 11.5 Å². The average molecular weight is 617 g/mol. The van der Waals surface area contributed by atoms with Crippen molar-refractivity contribution in [2.45, 2.75) is 69.0 Å². The van der Waals surface area contributed by atoms with E-state index >= 15 is 0 Å². The molecule has 3 unspecified atom stereocenters. The fraction of sp³-hybridized carbons (Fsp3) is 0.350. The van der Waals surface area contributed by atoms with Gasteiger partial charge in [0.1, 0.15) is 0 Å². The molecule has 6 N–H and O–H groups in total. The van der Waals surface area contributed by atoms with Crippen molar-refractivity contribution >= 4 is 11.8 Å². The molecule has 0 saturated heterocycles. The third-order valence-corrected chi connectivity index (χ3v) is 10.8. The number of hydrogen-bond donors (Lipinski definition) is 4. The summed E-state index contributed by atoms with van der Waals surface area (Å²) in [5.74, 6) is -3.19. The van der Waals surface area contributed by atoms with Gasteiger partial charge in [0, 0.05) is 17.8 Å². The summed E-state index contributed by atoms with van der Waals surface area (Å²) < 4.78 is 0. The summed E-state index contributed by atoms with van der Waals surface area (Å²) in [4.78, 5) is 27.7. The normalized spacial score (nSPS) is 22.7. The van der Waals surface area contributed by atoms with Crippen LogP contribution in [0.1, 0.15) is 64.5 Å². The Bertz CT molecular complexity index is 1660. The van der Waals surface area contributed by atoms with E-state index in [-0.39, 0.29) is 6.42 Å². The first-order valence-corrected chi connectivity index (χ1v) is 16.5. The van der Waals surface area contributed by atoms with Gasteiger partial charge in [-0.15, -0.1) is 0 Å². The standard InChI is InChI=1S/C40H44N2O4/c41-38(45)30(20-19-26-11-3-1-4-12-26)23-33(36-31-17-9-7-15-28(31)24-34(36)43)40(39(42)46,22-21-27-13-5-2-6-14-27)37-32-18-10-8-16-29(32)25-35(37)44/h1-18,30,33-37,43-44H,19-25H2,(H2,41,45)(H2,42,46)/t30?,33?,34-,35-,36-,37-,40?/m1/s1. The Hall–Kier alpha value is -4.26. The second-order valence-electron chi connectivity index (χ2n) is 13.3. The molecular weight excluding hydrogens is 572 g/mol. The Balaban J connectivity index is 1.52. The minimum Gasteiger partial charge on any atom is -0.392 e. The van der Waals surface area contributed by atoms with E-state index in [0.717, 1.165) is 33.4 Å².